The lowest BCUT2D eigenvalue weighted by atomic mass is 10.1. The van der Waals surface area contributed by atoms with Gasteiger partial charge in [0.2, 0.25) is 0 Å². The summed E-state index contributed by atoms with van der Waals surface area (Å²) in [4.78, 5) is 6.87. The molecular weight excluding hydrogens is 278 g/mol. The number of morpholine rings is 1. The molecule has 0 unspecified atom stereocenters. The van der Waals surface area contributed by atoms with Gasteiger partial charge in [0, 0.05) is 31.6 Å². The Balaban J connectivity index is 1.59. The van der Waals surface area contributed by atoms with E-state index in [0.717, 1.165) is 48.6 Å². The molecule has 0 radical (unpaired) electrons. The molecule has 22 heavy (non-hydrogen) atoms. The van der Waals surface area contributed by atoms with Gasteiger partial charge in [0.15, 0.2) is 0 Å². The number of hydrogen-bond donors (Lipinski definition) is 2. The summed E-state index contributed by atoms with van der Waals surface area (Å²) in [6, 6.07) is 10.2. The largest absolute Gasteiger partial charge is 0.390 e. The Bertz CT molecular complexity index is 626. The first kappa shape index (κ1) is 15.2. The van der Waals surface area contributed by atoms with Crippen molar-refractivity contribution in [3.63, 3.8) is 0 Å². The Morgan fingerprint density at radius 3 is 2.91 bits per heavy atom. The van der Waals surface area contributed by atoms with Crippen LogP contribution in [0.15, 0.2) is 30.3 Å². The van der Waals surface area contributed by atoms with Gasteiger partial charge in [-0.3, -0.25) is 4.90 Å². The highest BCUT2D eigenvalue weighted by Crippen LogP contribution is 2.19. The lowest BCUT2D eigenvalue weighted by Crippen LogP contribution is -2.42. The van der Waals surface area contributed by atoms with Gasteiger partial charge in [-0.15, -0.1) is 0 Å². The number of anilines is 1. The summed E-state index contributed by atoms with van der Waals surface area (Å²) >= 11 is 0. The van der Waals surface area contributed by atoms with Crippen LogP contribution in [0.25, 0.3) is 10.9 Å². The van der Waals surface area contributed by atoms with Crippen molar-refractivity contribution in [3.8, 4) is 0 Å². The van der Waals surface area contributed by atoms with Crippen molar-refractivity contribution in [1.29, 1.82) is 0 Å². The Labute approximate surface area is 130 Å². The second kappa shape index (κ2) is 7.05. The van der Waals surface area contributed by atoms with E-state index in [1.54, 1.807) is 0 Å². The minimum absolute atomic E-state index is 0.411. The molecule has 0 amide bonds. The van der Waals surface area contributed by atoms with E-state index in [2.05, 4.69) is 27.3 Å². The molecule has 0 saturated carbocycles. The zero-order valence-electron chi connectivity index (χ0n) is 13.0. The molecule has 1 aromatic carbocycles. The van der Waals surface area contributed by atoms with Crippen LogP contribution in [0.3, 0.4) is 0 Å². The number of nitrogens with zero attached hydrogens (tertiary/aromatic N) is 2. The Hall–Kier alpha value is -1.69. The van der Waals surface area contributed by atoms with Gasteiger partial charge in [0.1, 0.15) is 5.82 Å². The first-order chi connectivity index (χ1) is 10.7. The van der Waals surface area contributed by atoms with E-state index in [4.69, 9.17) is 4.74 Å². The molecule has 1 aliphatic rings. The predicted molar refractivity (Wildman–Crippen MR) is 88.2 cm³/mol. The van der Waals surface area contributed by atoms with Crippen LogP contribution in [-0.2, 0) is 4.74 Å². The Morgan fingerprint density at radius 1 is 1.32 bits per heavy atom. The maximum Gasteiger partial charge on any atom is 0.129 e. The number of rotatable bonds is 5. The van der Waals surface area contributed by atoms with Gasteiger partial charge in [0.25, 0.3) is 0 Å². The molecule has 2 heterocycles. The number of nitrogens with one attached hydrogen (secondary N) is 1. The fraction of sp³-hybridized carbons (Fsp3) is 0.471. The van der Waals surface area contributed by atoms with Crippen LogP contribution in [0.4, 0.5) is 5.82 Å². The molecule has 5 heteroatoms. The second-order valence-corrected chi connectivity index (χ2v) is 5.79. The van der Waals surface area contributed by atoms with Gasteiger partial charge in [-0.05, 0) is 24.6 Å². The Kier molecular flexibility index (Phi) is 4.87. The Morgan fingerprint density at radius 2 is 2.09 bits per heavy atom. The molecule has 2 aromatic rings. The number of hydrogen-bond acceptors (Lipinski definition) is 5. The number of fused-ring (bicyclic) bond motifs is 1. The molecular formula is C17H23N3O2. The van der Waals surface area contributed by atoms with Gasteiger partial charge in [-0.1, -0.05) is 18.2 Å². The quantitative estimate of drug-likeness (QED) is 0.879. The highest BCUT2D eigenvalue weighted by atomic mass is 16.5. The van der Waals surface area contributed by atoms with Crippen LogP contribution < -0.4 is 5.32 Å². The zero-order chi connectivity index (χ0) is 15.4. The summed E-state index contributed by atoms with van der Waals surface area (Å²) < 4.78 is 5.32. The van der Waals surface area contributed by atoms with E-state index in [1.807, 2.05) is 25.1 Å². The smallest absolute Gasteiger partial charge is 0.129 e. The van der Waals surface area contributed by atoms with E-state index in [9.17, 15) is 5.11 Å². The second-order valence-electron chi connectivity index (χ2n) is 5.79. The van der Waals surface area contributed by atoms with Gasteiger partial charge < -0.3 is 15.2 Å². The molecule has 0 spiro atoms. The van der Waals surface area contributed by atoms with Crippen LogP contribution in [0.2, 0.25) is 0 Å². The molecule has 1 saturated heterocycles. The molecule has 1 atom stereocenters. The van der Waals surface area contributed by atoms with Crippen LogP contribution in [0, 0.1) is 6.92 Å². The lowest BCUT2D eigenvalue weighted by Gasteiger charge is -2.28. The molecule has 1 fully saturated rings. The van der Waals surface area contributed by atoms with Crippen molar-refractivity contribution in [1.82, 2.24) is 9.88 Å². The first-order valence-corrected chi connectivity index (χ1v) is 7.81. The molecule has 0 aliphatic carbocycles. The number of para-hydroxylation sites is 1. The topological polar surface area (TPSA) is 57.6 Å². The average molecular weight is 301 g/mol. The molecule has 5 nitrogen and oxygen atoms in total. The third-order valence-corrected chi connectivity index (χ3v) is 3.99. The number of aliphatic hydroxyl groups excluding tert-OH is 1. The fourth-order valence-electron chi connectivity index (χ4n) is 2.76. The summed E-state index contributed by atoms with van der Waals surface area (Å²) in [5.41, 5.74) is 2.07. The maximum absolute atomic E-state index is 10.2. The van der Waals surface area contributed by atoms with Crippen molar-refractivity contribution in [2.24, 2.45) is 0 Å². The van der Waals surface area contributed by atoms with Crippen molar-refractivity contribution in [2.75, 3.05) is 44.7 Å². The summed E-state index contributed by atoms with van der Waals surface area (Å²) in [5.74, 6) is 0.847. The van der Waals surface area contributed by atoms with Crippen LogP contribution in [0.5, 0.6) is 0 Å². The third-order valence-electron chi connectivity index (χ3n) is 3.99. The van der Waals surface area contributed by atoms with E-state index in [1.165, 1.54) is 0 Å². The minimum atomic E-state index is -0.411. The van der Waals surface area contributed by atoms with Crippen molar-refractivity contribution in [3.05, 3.63) is 35.9 Å². The summed E-state index contributed by atoms with van der Waals surface area (Å²) in [7, 11) is 0. The number of pyridine rings is 1. The molecule has 118 valence electrons. The van der Waals surface area contributed by atoms with Gasteiger partial charge in [-0.25, -0.2) is 4.98 Å². The lowest BCUT2D eigenvalue weighted by molar-refractivity contribution is 0.0171. The van der Waals surface area contributed by atoms with Crippen LogP contribution in [-0.4, -0.2) is 60.5 Å². The van der Waals surface area contributed by atoms with Crippen molar-refractivity contribution < 1.29 is 9.84 Å². The standard InChI is InChI=1S/C17H23N3O2/c1-13-10-14-4-2-3-5-16(14)19-17(13)18-11-15(21)12-20-6-8-22-9-7-20/h2-5,10,15,21H,6-9,11-12H2,1H3,(H,18,19)/t15-/m0/s1. The fourth-order valence-corrected chi connectivity index (χ4v) is 2.76. The molecule has 1 aliphatic heterocycles. The van der Waals surface area contributed by atoms with E-state index >= 15 is 0 Å². The number of aliphatic hydroxyl groups is 1. The average Bonchev–Trinajstić information content (AvgIpc) is 2.54. The molecule has 1 aromatic heterocycles. The molecule has 0 bridgehead atoms. The van der Waals surface area contributed by atoms with Crippen LogP contribution in [0.1, 0.15) is 5.56 Å². The number of benzene rings is 1. The number of ether oxygens (including phenoxy) is 1. The van der Waals surface area contributed by atoms with E-state index in [0.29, 0.717) is 13.1 Å². The number of aromatic nitrogens is 1. The van der Waals surface area contributed by atoms with Crippen molar-refractivity contribution in [2.45, 2.75) is 13.0 Å². The van der Waals surface area contributed by atoms with Crippen molar-refractivity contribution >= 4 is 16.7 Å². The minimum Gasteiger partial charge on any atom is -0.390 e. The summed E-state index contributed by atoms with van der Waals surface area (Å²) in [6.07, 6.45) is -0.411. The number of aryl methyl sites for hydroxylation is 1. The highest BCUT2D eigenvalue weighted by molar-refractivity contribution is 5.81. The normalized spacial score (nSPS) is 17.5. The monoisotopic (exact) mass is 301 g/mol. The van der Waals surface area contributed by atoms with E-state index < -0.39 is 6.10 Å². The zero-order valence-corrected chi connectivity index (χ0v) is 13.0. The maximum atomic E-state index is 10.2. The number of β-amino-alcohol motifs (C(OH)–C–C–N with tert-alkyl or cyclic N) is 1. The molecule has 3 rings (SSSR count). The molecule has 2 N–H and O–H groups in total. The highest BCUT2D eigenvalue weighted by Gasteiger charge is 2.15. The van der Waals surface area contributed by atoms with Crippen LogP contribution >= 0.6 is 0 Å². The SMILES string of the molecule is Cc1cc2ccccc2nc1NC[C@H](O)CN1CCOCC1. The third kappa shape index (κ3) is 3.74. The van der Waals surface area contributed by atoms with Gasteiger partial charge in [-0.2, -0.15) is 0 Å². The predicted octanol–water partition coefficient (Wildman–Crippen LogP) is 1.65. The summed E-state index contributed by atoms with van der Waals surface area (Å²) in [5, 5.41) is 14.6. The van der Waals surface area contributed by atoms with E-state index in [-0.39, 0.29) is 0 Å². The van der Waals surface area contributed by atoms with Gasteiger partial charge >= 0.3 is 0 Å². The summed E-state index contributed by atoms with van der Waals surface area (Å²) in [6.45, 7) is 6.51. The van der Waals surface area contributed by atoms with Gasteiger partial charge in [0.05, 0.1) is 24.8 Å². The first-order valence-electron chi connectivity index (χ1n) is 7.81.